The standard InChI is InChI=1S/C17H24N4OS/c1-11-7-8-16(22-6)15(9-11)18-17(23)20(4)10-14-12(2)19-21(5)13(14)3/h7-9H,10H2,1-6H3,(H,18,23). The molecule has 0 aliphatic rings. The first-order valence-corrected chi connectivity index (χ1v) is 7.90. The largest absolute Gasteiger partial charge is 0.495 e. The van der Waals surface area contributed by atoms with E-state index in [9.17, 15) is 0 Å². The number of aryl methyl sites for hydroxylation is 3. The van der Waals surface area contributed by atoms with Crippen LogP contribution in [0.15, 0.2) is 18.2 Å². The molecule has 1 aromatic carbocycles. The Labute approximate surface area is 143 Å². The predicted molar refractivity (Wildman–Crippen MR) is 98.1 cm³/mol. The molecule has 6 heteroatoms. The van der Waals surface area contributed by atoms with Crippen LogP contribution in [0.4, 0.5) is 5.69 Å². The van der Waals surface area contributed by atoms with Gasteiger partial charge in [0.2, 0.25) is 0 Å². The number of rotatable bonds is 4. The fourth-order valence-corrected chi connectivity index (χ4v) is 2.66. The third-order valence-corrected chi connectivity index (χ3v) is 4.41. The minimum absolute atomic E-state index is 0.650. The summed E-state index contributed by atoms with van der Waals surface area (Å²) in [6, 6.07) is 5.98. The molecule has 1 N–H and O–H groups in total. The molecule has 124 valence electrons. The molecule has 0 fully saturated rings. The van der Waals surface area contributed by atoms with E-state index in [0.29, 0.717) is 11.7 Å². The molecule has 1 heterocycles. The highest BCUT2D eigenvalue weighted by Gasteiger charge is 2.14. The number of nitrogens with zero attached hydrogens (tertiary/aromatic N) is 3. The van der Waals surface area contributed by atoms with Crippen molar-refractivity contribution < 1.29 is 4.74 Å². The maximum Gasteiger partial charge on any atom is 0.173 e. The molecule has 1 aromatic heterocycles. The van der Waals surface area contributed by atoms with Crippen LogP contribution in [0.25, 0.3) is 0 Å². The van der Waals surface area contributed by atoms with Crippen molar-refractivity contribution in [2.45, 2.75) is 27.3 Å². The highest BCUT2D eigenvalue weighted by atomic mass is 32.1. The highest BCUT2D eigenvalue weighted by molar-refractivity contribution is 7.80. The minimum Gasteiger partial charge on any atom is -0.495 e. The lowest BCUT2D eigenvalue weighted by molar-refractivity contribution is 0.416. The summed E-state index contributed by atoms with van der Waals surface area (Å²) in [7, 11) is 5.59. The average molecular weight is 332 g/mol. The Morgan fingerprint density at radius 1 is 1.35 bits per heavy atom. The van der Waals surface area contributed by atoms with Crippen molar-refractivity contribution in [1.82, 2.24) is 14.7 Å². The lowest BCUT2D eigenvalue weighted by Gasteiger charge is -2.22. The molecule has 0 aliphatic heterocycles. The average Bonchev–Trinajstić information content (AvgIpc) is 2.73. The summed E-state index contributed by atoms with van der Waals surface area (Å²) < 4.78 is 7.29. The zero-order chi connectivity index (χ0) is 17.1. The van der Waals surface area contributed by atoms with Gasteiger partial charge in [0.05, 0.1) is 18.5 Å². The third-order valence-electron chi connectivity index (χ3n) is 4.00. The number of nitrogens with one attached hydrogen (secondary N) is 1. The summed E-state index contributed by atoms with van der Waals surface area (Å²) in [5.74, 6) is 0.778. The maximum absolute atomic E-state index is 5.53. The Morgan fingerprint density at radius 3 is 2.61 bits per heavy atom. The van der Waals surface area contributed by atoms with Crippen molar-refractivity contribution in [3.05, 3.63) is 40.7 Å². The van der Waals surface area contributed by atoms with Crippen LogP contribution in [0, 0.1) is 20.8 Å². The fourth-order valence-electron chi connectivity index (χ4n) is 2.49. The summed E-state index contributed by atoms with van der Waals surface area (Å²) in [5.41, 5.74) is 5.43. The maximum atomic E-state index is 5.53. The summed E-state index contributed by atoms with van der Waals surface area (Å²) in [6.45, 7) is 6.85. The molecule has 0 bridgehead atoms. The van der Waals surface area contributed by atoms with E-state index in [2.05, 4.69) is 17.3 Å². The van der Waals surface area contributed by atoms with Gasteiger partial charge < -0.3 is 15.0 Å². The summed E-state index contributed by atoms with van der Waals surface area (Å²) in [4.78, 5) is 2.01. The van der Waals surface area contributed by atoms with Gasteiger partial charge in [-0.2, -0.15) is 5.10 Å². The van der Waals surface area contributed by atoms with E-state index < -0.39 is 0 Å². The number of methoxy groups -OCH3 is 1. The van der Waals surface area contributed by atoms with Crippen molar-refractivity contribution in [3.8, 4) is 5.75 Å². The van der Waals surface area contributed by atoms with Crippen molar-refractivity contribution >= 4 is 23.0 Å². The molecular weight excluding hydrogens is 308 g/mol. The molecule has 5 nitrogen and oxygen atoms in total. The highest BCUT2D eigenvalue weighted by Crippen LogP contribution is 2.25. The number of anilines is 1. The monoisotopic (exact) mass is 332 g/mol. The molecule has 0 unspecified atom stereocenters. The van der Waals surface area contributed by atoms with Crippen LogP contribution in [-0.4, -0.2) is 34.0 Å². The number of benzene rings is 1. The van der Waals surface area contributed by atoms with E-state index in [0.717, 1.165) is 28.4 Å². The van der Waals surface area contributed by atoms with Crippen LogP contribution in [0.5, 0.6) is 5.75 Å². The van der Waals surface area contributed by atoms with E-state index in [1.165, 1.54) is 5.56 Å². The number of thiocarbonyl (C=S) groups is 1. The van der Waals surface area contributed by atoms with Gasteiger partial charge in [-0.3, -0.25) is 4.68 Å². The predicted octanol–water partition coefficient (Wildman–Crippen LogP) is 3.18. The van der Waals surface area contributed by atoms with Gasteiger partial charge in [0.1, 0.15) is 5.75 Å². The van der Waals surface area contributed by atoms with Crippen LogP contribution >= 0.6 is 12.2 Å². The normalized spacial score (nSPS) is 10.5. The third kappa shape index (κ3) is 3.82. The lowest BCUT2D eigenvalue weighted by atomic mass is 10.2. The van der Waals surface area contributed by atoms with Crippen LogP contribution in [0.1, 0.15) is 22.5 Å². The van der Waals surface area contributed by atoms with Crippen molar-refractivity contribution in [3.63, 3.8) is 0 Å². The zero-order valence-electron chi connectivity index (χ0n) is 14.6. The van der Waals surface area contributed by atoms with E-state index in [1.807, 2.05) is 55.7 Å². The number of aromatic nitrogens is 2. The van der Waals surface area contributed by atoms with Crippen molar-refractivity contribution in [2.75, 3.05) is 19.5 Å². The van der Waals surface area contributed by atoms with E-state index >= 15 is 0 Å². The zero-order valence-corrected chi connectivity index (χ0v) is 15.4. The lowest BCUT2D eigenvalue weighted by Crippen LogP contribution is -2.31. The Bertz CT molecular complexity index is 724. The van der Waals surface area contributed by atoms with Crippen LogP contribution in [0.3, 0.4) is 0 Å². The van der Waals surface area contributed by atoms with E-state index in [4.69, 9.17) is 17.0 Å². The molecule has 0 aliphatic carbocycles. The summed E-state index contributed by atoms with van der Waals surface area (Å²) in [5, 5.41) is 8.38. The number of hydrogen-bond donors (Lipinski definition) is 1. The first kappa shape index (κ1) is 17.3. The SMILES string of the molecule is COc1ccc(C)cc1NC(=S)N(C)Cc1c(C)nn(C)c1C. The molecule has 0 spiro atoms. The minimum atomic E-state index is 0.650. The van der Waals surface area contributed by atoms with Gasteiger partial charge in [-0.25, -0.2) is 0 Å². The van der Waals surface area contributed by atoms with Gasteiger partial charge in [0.15, 0.2) is 5.11 Å². The first-order valence-electron chi connectivity index (χ1n) is 7.49. The Morgan fingerprint density at radius 2 is 2.04 bits per heavy atom. The first-order chi connectivity index (χ1) is 10.8. The van der Waals surface area contributed by atoms with Gasteiger partial charge in [-0.15, -0.1) is 0 Å². The molecule has 0 radical (unpaired) electrons. The van der Waals surface area contributed by atoms with E-state index in [-0.39, 0.29) is 0 Å². The van der Waals surface area contributed by atoms with Gasteiger partial charge >= 0.3 is 0 Å². The quantitative estimate of drug-likeness (QED) is 0.871. The Kier molecular flexibility index (Phi) is 5.26. The Hall–Kier alpha value is -2.08. The molecule has 2 aromatic rings. The molecule has 0 atom stereocenters. The van der Waals surface area contributed by atoms with Gasteiger partial charge in [-0.1, -0.05) is 6.07 Å². The molecule has 2 rings (SSSR count). The Balaban J connectivity index is 2.13. The van der Waals surface area contributed by atoms with E-state index in [1.54, 1.807) is 7.11 Å². The van der Waals surface area contributed by atoms with Crippen molar-refractivity contribution in [1.29, 1.82) is 0 Å². The molecule has 0 amide bonds. The van der Waals surface area contributed by atoms with Crippen molar-refractivity contribution in [2.24, 2.45) is 7.05 Å². The molecule has 23 heavy (non-hydrogen) atoms. The van der Waals surface area contributed by atoms with Gasteiger partial charge in [0.25, 0.3) is 0 Å². The summed E-state index contributed by atoms with van der Waals surface area (Å²) >= 11 is 5.53. The van der Waals surface area contributed by atoms with Crippen LogP contribution in [-0.2, 0) is 13.6 Å². The van der Waals surface area contributed by atoms with Crippen LogP contribution < -0.4 is 10.1 Å². The second-order valence-electron chi connectivity index (χ2n) is 5.76. The summed E-state index contributed by atoms with van der Waals surface area (Å²) in [6.07, 6.45) is 0. The fraction of sp³-hybridized carbons (Fsp3) is 0.412. The number of hydrogen-bond acceptors (Lipinski definition) is 3. The molecule has 0 saturated carbocycles. The second kappa shape index (κ2) is 7.00. The number of ether oxygens (including phenoxy) is 1. The smallest absolute Gasteiger partial charge is 0.173 e. The van der Waals surface area contributed by atoms with Gasteiger partial charge in [-0.05, 0) is 50.7 Å². The molecular formula is C17H24N4OS. The van der Waals surface area contributed by atoms with Gasteiger partial charge in [0, 0.05) is 31.9 Å². The molecule has 0 saturated heterocycles. The van der Waals surface area contributed by atoms with Crippen LogP contribution in [0.2, 0.25) is 0 Å². The topological polar surface area (TPSA) is 42.3 Å². The second-order valence-corrected chi connectivity index (χ2v) is 6.15.